The minimum absolute atomic E-state index is 0.378. The molecule has 13 heavy (non-hydrogen) atoms. The molecule has 0 atom stereocenters. The molecule has 0 fully saturated rings. The highest BCUT2D eigenvalue weighted by Crippen LogP contribution is 2.20. The van der Waals surface area contributed by atoms with Gasteiger partial charge in [0.25, 0.3) is 11.7 Å². The fourth-order valence-electron chi connectivity index (χ4n) is 0.834. The molecule has 0 amide bonds. The maximum absolute atomic E-state index is 12.2. The summed E-state index contributed by atoms with van der Waals surface area (Å²) in [7, 11) is 0. The predicted molar refractivity (Wildman–Crippen MR) is 42.2 cm³/mol. The number of pyridine rings is 1. The van der Waals surface area contributed by atoms with Crippen LogP contribution in [-0.2, 0) is 0 Å². The molecule has 1 aromatic rings. The summed E-state index contributed by atoms with van der Waals surface area (Å²) in [4.78, 5) is 23.1. The van der Waals surface area contributed by atoms with Gasteiger partial charge in [-0.05, 0) is 17.7 Å². The van der Waals surface area contributed by atoms with Crippen LogP contribution < -0.4 is 5.56 Å². The van der Waals surface area contributed by atoms with Crippen molar-refractivity contribution in [2.24, 2.45) is 0 Å². The molecule has 1 N–H and O–H groups in total. The Labute approximate surface area is 76.3 Å². The van der Waals surface area contributed by atoms with Gasteiger partial charge in [0.1, 0.15) is 0 Å². The first-order chi connectivity index (χ1) is 6.02. The quantitative estimate of drug-likeness (QED) is 0.751. The van der Waals surface area contributed by atoms with E-state index in [1.54, 1.807) is 0 Å². The Hall–Kier alpha value is -1.23. The monoisotopic (exact) mass is 207 g/mol. The van der Waals surface area contributed by atoms with Gasteiger partial charge in [-0.2, -0.15) is 0 Å². The van der Waals surface area contributed by atoms with E-state index in [2.05, 4.69) is 0 Å². The Balaban J connectivity index is 3.35. The Bertz CT molecular complexity index is 388. The van der Waals surface area contributed by atoms with Gasteiger partial charge < -0.3 is 4.98 Å². The number of halogens is 3. The number of aromatic nitrogens is 1. The van der Waals surface area contributed by atoms with Crippen molar-refractivity contribution in [1.82, 2.24) is 4.98 Å². The first-order valence-electron chi connectivity index (χ1n) is 3.23. The average molecular weight is 208 g/mol. The highest BCUT2D eigenvalue weighted by molar-refractivity contribution is 6.67. The molecular weight excluding hydrogens is 204 g/mol. The summed E-state index contributed by atoms with van der Waals surface area (Å²) in [6.07, 6.45) is -2.92. The first-order valence-corrected chi connectivity index (χ1v) is 3.61. The van der Waals surface area contributed by atoms with Gasteiger partial charge >= 0.3 is 0 Å². The number of carbonyl (C=O) groups excluding carboxylic acids is 1. The maximum Gasteiger partial charge on any atom is 0.279 e. The summed E-state index contributed by atoms with van der Waals surface area (Å²) in [5, 5.41) is -1.02. The first kappa shape index (κ1) is 9.85. The fourth-order valence-corrected chi connectivity index (χ4v) is 0.999. The van der Waals surface area contributed by atoms with Crippen LogP contribution in [0.4, 0.5) is 8.78 Å². The van der Waals surface area contributed by atoms with Gasteiger partial charge in [-0.25, -0.2) is 8.78 Å². The second kappa shape index (κ2) is 3.66. The minimum atomic E-state index is -2.92. The van der Waals surface area contributed by atoms with E-state index in [-0.39, 0.29) is 5.56 Å². The SMILES string of the molecule is O=C(Cl)c1ccc(=O)[nH]c1C(F)F. The number of hydrogen-bond acceptors (Lipinski definition) is 2. The van der Waals surface area contributed by atoms with E-state index in [0.717, 1.165) is 12.1 Å². The normalized spacial score (nSPS) is 10.5. The smallest absolute Gasteiger partial charge is 0.279 e. The van der Waals surface area contributed by atoms with Crippen LogP contribution in [0.15, 0.2) is 16.9 Å². The Morgan fingerprint density at radius 1 is 1.46 bits per heavy atom. The van der Waals surface area contributed by atoms with Crippen molar-refractivity contribution in [2.75, 3.05) is 0 Å². The van der Waals surface area contributed by atoms with Crippen LogP contribution in [0, 0.1) is 0 Å². The van der Waals surface area contributed by atoms with Gasteiger partial charge in [-0.15, -0.1) is 0 Å². The number of carbonyl (C=O) groups is 1. The van der Waals surface area contributed by atoms with Crippen LogP contribution in [0.25, 0.3) is 0 Å². The zero-order chi connectivity index (χ0) is 10.0. The molecule has 0 aliphatic heterocycles. The van der Waals surface area contributed by atoms with E-state index in [9.17, 15) is 18.4 Å². The lowest BCUT2D eigenvalue weighted by atomic mass is 10.2. The second-order valence-electron chi connectivity index (χ2n) is 2.22. The molecule has 0 aliphatic carbocycles. The number of nitrogens with one attached hydrogen (secondary N) is 1. The van der Waals surface area contributed by atoms with Crippen LogP contribution in [0.5, 0.6) is 0 Å². The molecule has 0 bridgehead atoms. The van der Waals surface area contributed by atoms with Crippen molar-refractivity contribution >= 4 is 16.8 Å². The summed E-state index contributed by atoms with van der Waals surface area (Å²) in [6, 6.07) is 1.93. The number of alkyl halides is 2. The summed E-state index contributed by atoms with van der Waals surface area (Å²) in [6.45, 7) is 0. The fraction of sp³-hybridized carbons (Fsp3) is 0.143. The molecular formula is C7H4ClF2NO2. The van der Waals surface area contributed by atoms with Crippen molar-refractivity contribution in [3.63, 3.8) is 0 Å². The Morgan fingerprint density at radius 2 is 2.08 bits per heavy atom. The second-order valence-corrected chi connectivity index (χ2v) is 2.57. The molecule has 1 aromatic heterocycles. The summed E-state index contributed by atoms with van der Waals surface area (Å²) >= 11 is 5.01. The topological polar surface area (TPSA) is 49.9 Å². The van der Waals surface area contributed by atoms with E-state index in [4.69, 9.17) is 11.6 Å². The third kappa shape index (κ3) is 2.12. The number of aromatic amines is 1. The van der Waals surface area contributed by atoms with E-state index < -0.39 is 22.9 Å². The van der Waals surface area contributed by atoms with Crippen molar-refractivity contribution in [1.29, 1.82) is 0 Å². The van der Waals surface area contributed by atoms with E-state index in [1.807, 2.05) is 4.98 Å². The van der Waals surface area contributed by atoms with Crippen LogP contribution in [-0.4, -0.2) is 10.2 Å². The molecule has 6 heteroatoms. The van der Waals surface area contributed by atoms with Crippen molar-refractivity contribution in [2.45, 2.75) is 6.43 Å². The molecule has 1 rings (SSSR count). The highest BCUT2D eigenvalue weighted by atomic mass is 35.5. The molecule has 1 heterocycles. The zero-order valence-corrected chi connectivity index (χ0v) is 6.94. The van der Waals surface area contributed by atoms with Crippen molar-refractivity contribution in [3.05, 3.63) is 33.7 Å². The molecule has 0 saturated carbocycles. The standard InChI is InChI=1S/C7H4ClF2NO2/c8-6(13)3-1-2-4(12)11-5(3)7(9)10/h1-2,7H,(H,11,12). The molecule has 3 nitrogen and oxygen atoms in total. The largest absolute Gasteiger partial charge is 0.320 e. The highest BCUT2D eigenvalue weighted by Gasteiger charge is 2.17. The summed E-state index contributed by atoms with van der Waals surface area (Å²) in [5.41, 5.74) is -1.82. The van der Waals surface area contributed by atoms with Gasteiger partial charge in [-0.1, -0.05) is 0 Å². The number of H-pyrrole nitrogens is 1. The third-order valence-corrected chi connectivity index (χ3v) is 1.58. The predicted octanol–water partition coefficient (Wildman–Crippen LogP) is 1.69. The van der Waals surface area contributed by atoms with Gasteiger partial charge in [0.15, 0.2) is 0 Å². The third-order valence-electron chi connectivity index (χ3n) is 1.38. The van der Waals surface area contributed by atoms with Crippen molar-refractivity contribution in [3.8, 4) is 0 Å². The summed E-state index contributed by atoms with van der Waals surface area (Å²) in [5.74, 6) is 0. The Kier molecular flexibility index (Phi) is 2.77. The molecule has 0 radical (unpaired) electrons. The lowest BCUT2D eigenvalue weighted by Crippen LogP contribution is -2.11. The Morgan fingerprint density at radius 3 is 2.54 bits per heavy atom. The molecule has 70 valence electrons. The van der Waals surface area contributed by atoms with Gasteiger partial charge in [-0.3, -0.25) is 9.59 Å². The van der Waals surface area contributed by atoms with E-state index in [0.29, 0.717) is 0 Å². The average Bonchev–Trinajstić information content (AvgIpc) is 2.03. The zero-order valence-electron chi connectivity index (χ0n) is 6.18. The lowest BCUT2D eigenvalue weighted by molar-refractivity contribution is 0.106. The van der Waals surface area contributed by atoms with Gasteiger partial charge in [0, 0.05) is 6.07 Å². The van der Waals surface area contributed by atoms with Crippen LogP contribution in [0.2, 0.25) is 0 Å². The van der Waals surface area contributed by atoms with E-state index in [1.165, 1.54) is 0 Å². The lowest BCUT2D eigenvalue weighted by Gasteiger charge is -2.02. The van der Waals surface area contributed by atoms with E-state index >= 15 is 0 Å². The molecule has 0 aliphatic rings. The number of hydrogen-bond donors (Lipinski definition) is 1. The minimum Gasteiger partial charge on any atom is -0.320 e. The van der Waals surface area contributed by atoms with Crippen LogP contribution in [0.1, 0.15) is 22.5 Å². The van der Waals surface area contributed by atoms with Crippen molar-refractivity contribution < 1.29 is 13.6 Å². The molecule has 0 unspecified atom stereocenters. The maximum atomic E-state index is 12.2. The van der Waals surface area contributed by atoms with Gasteiger partial charge in [0.05, 0.1) is 11.3 Å². The van der Waals surface area contributed by atoms with Crippen LogP contribution >= 0.6 is 11.6 Å². The molecule has 0 saturated heterocycles. The summed E-state index contributed by atoms with van der Waals surface area (Å²) < 4.78 is 24.4. The molecule has 0 spiro atoms. The molecule has 0 aromatic carbocycles. The number of rotatable bonds is 2. The van der Waals surface area contributed by atoms with Gasteiger partial charge in [0.2, 0.25) is 5.56 Å². The van der Waals surface area contributed by atoms with Crippen LogP contribution in [0.3, 0.4) is 0 Å².